The van der Waals surface area contributed by atoms with Gasteiger partial charge in [-0.3, -0.25) is 4.99 Å². The standard InChI is InChI=1S/C15H23N3O/c1-2-16-15(18-10-3-4-11-18)17-9-8-13-6-5-7-14(19)12-13/h5-7,12,19H,2-4,8-11H2,1H3,(H,16,17). The smallest absolute Gasteiger partial charge is 0.193 e. The minimum Gasteiger partial charge on any atom is -0.508 e. The Hall–Kier alpha value is -1.71. The van der Waals surface area contributed by atoms with Crippen molar-refractivity contribution in [3.8, 4) is 5.75 Å². The number of aliphatic imine (C=N–C) groups is 1. The largest absolute Gasteiger partial charge is 0.508 e. The topological polar surface area (TPSA) is 47.9 Å². The molecule has 0 amide bonds. The molecule has 1 saturated heterocycles. The molecule has 2 N–H and O–H groups in total. The van der Waals surface area contributed by atoms with Gasteiger partial charge in [0.15, 0.2) is 5.96 Å². The van der Waals surface area contributed by atoms with Crippen molar-refractivity contribution in [2.45, 2.75) is 26.2 Å². The van der Waals surface area contributed by atoms with Crippen molar-refractivity contribution in [3.63, 3.8) is 0 Å². The average Bonchev–Trinajstić information content (AvgIpc) is 2.91. The number of rotatable bonds is 4. The van der Waals surface area contributed by atoms with Crippen molar-refractivity contribution in [1.82, 2.24) is 10.2 Å². The lowest BCUT2D eigenvalue weighted by atomic mass is 10.1. The van der Waals surface area contributed by atoms with Gasteiger partial charge < -0.3 is 15.3 Å². The third kappa shape index (κ3) is 4.16. The zero-order chi connectivity index (χ0) is 13.5. The third-order valence-corrected chi connectivity index (χ3v) is 3.31. The van der Waals surface area contributed by atoms with Crippen LogP contribution in [0.25, 0.3) is 0 Å². The molecule has 0 aliphatic carbocycles. The normalized spacial score (nSPS) is 15.8. The second-order valence-electron chi connectivity index (χ2n) is 4.85. The van der Waals surface area contributed by atoms with Crippen LogP contribution in [-0.4, -0.2) is 42.1 Å². The molecule has 2 rings (SSSR count). The number of likely N-dealkylation sites (tertiary alicyclic amines) is 1. The van der Waals surface area contributed by atoms with Gasteiger partial charge in [-0.25, -0.2) is 0 Å². The molecule has 0 spiro atoms. The van der Waals surface area contributed by atoms with E-state index in [1.54, 1.807) is 12.1 Å². The number of nitrogens with zero attached hydrogens (tertiary/aromatic N) is 2. The van der Waals surface area contributed by atoms with Gasteiger partial charge in [-0.15, -0.1) is 0 Å². The van der Waals surface area contributed by atoms with Crippen molar-refractivity contribution in [3.05, 3.63) is 29.8 Å². The quantitative estimate of drug-likeness (QED) is 0.644. The van der Waals surface area contributed by atoms with Crippen LogP contribution in [0.4, 0.5) is 0 Å². The van der Waals surface area contributed by atoms with E-state index in [-0.39, 0.29) is 0 Å². The lowest BCUT2D eigenvalue weighted by Crippen LogP contribution is -2.39. The van der Waals surface area contributed by atoms with E-state index in [2.05, 4.69) is 22.1 Å². The van der Waals surface area contributed by atoms with E-state index in [1.807, 2.05) is 12.1 Å². The van der Waals surface area contributed by atoms with Crippen LogP contribution >= 0.6 is 0 Å². The highest BCUT2D eigenvalue weighted by molar-refractivity contribution is 5.80. The van der Waals surface area contributed by atoms with Crippen LogP contribution in [0.3, 0.4) is 0 Å². The van der Waals surface area contributed by atoms with Gasteiger partial charge in [0.2, 0.25) is 0 Å². The number of benzene rings is 1. The van der Waals surface area contributed by atoms with E-state index in [9.17, 15) is 5.11 Å². The first kappa shape index (κ1) is 13.7. The Morgan fingerprint density at radius 1 is 1.37 bits per heavy atom. The summed E-state index contributed by atoms with van der Waals surface area (Å²) in [6.07, 6.45) is 3.38. The Balaban J connectivity index is 1.90. The predicted octanol–water partition coefficient (Wildman–Crippen LogP) is 2.00. The third-order valence-electron chi connectivity index (χ3n) is 3.31. The zero-order valence-corrected chi connectivity index (χ0v) is 11.6. The molecule has 4 heteroatoms. The molecular weight excluding hydrogens is 238 g/mol. The number of hydrogen-bond donors (Lipinski definition) is 2. The van der Waals surface area contributed by atoms with Gasteiger partial charge in [0.05, 0.1) is 0 Å². The summed E-state index contributed by atoms with van der Waals surface area (Å²) >= 11 is 0. The highest BCUT2D eigenvalue weighted by Crippen LogP contribution is 2.12. The fourth-order valence-corrected chi connectivity index (χ4v) is 2.36. The summed E-state index contributed by atoms with van der Waals surface area (Å²) in [7, 11) is 0. The molecule has 19 heavy (non-hydrogen) atoms. The van der Waals surface area contributed by atoms with E-state index >= 15 is 0 Å². The molecule has 4 nitrogen and oxygen atoms in total. The minimum atomic E-state index is 0.327. The van der Waals surface area contributed by atoms with Gasteiger partial charge >= 0.3 is 0 Å². The van der Waals surface area contributed by atoms with Gasteiger partial charge in [-0.05, 0) is 43.9 Å². The number of phenols is 1. The van der Waals surface area contributed by atoms with Crippen LogP contribution in [0.15, 0.2) is 29.3 Å². The number of guanidine groups is 1. The van der Waals surface area contributed by atoms with Crippen LogP contribution in [0.2, 0.25) is 0 Å². The van der Waals surface area contributed by atoms with Crippen LogP contribution in [0, 0.1) is 0 Å². The Morgan fingerprint density at radius 3 is 2.84 bits per heavy atom. The molecular formula is C15H23N3O. The summed E-state index contributed by atoms with van der Waals surface area (Å²) in [5, 5.41) is 12.8. The number of hydrogen-bond acceptors (Lipinski definition) is 2. The van der Waals surface area contributed by atoms with Gasteiger partial charge in [0, 0.05) is 26.2 Å². The first-order chi connectivity index (χ1) is 9.29. The van der Waals surface area contributed by atoms with Crippen LogP contribution < -0.4 is 5.32 Å². The summed E-state index contributed by atoms with van der Waals surface area (Å²) in [6.45, 7) is 5.97. The molecule has 1 heterocycles. The summed E-state index contributed by atoms with van der Waals surface area (Å²) in [4.78, 5) is 7.00. The molecule has 1 aliphatic heterocycles. The van der Waals surface area contributed by atoms with Crippen LogP contribution in [0.1, 0.15) is 25.3 Å². The average molecular weight is 261 g/mol. The fourth-order valence-electron chi connectivity index (χ4n) is 2.36. The monoisotopic (exact) mass is 261 g/mol. The van der Waals surface area contributed by atoms with Crippen molar-refractivity contribution in [2.75, 3.05) is 26.2 Å². The summed E-state index contributed by atoms with van der Waals surface area (Å²) < 4.78 is 0. The molecule has 1 aliphatic rings. The highest BCUT2D eigenvalue weighted by Gasteiger charge is 2.14. The fraction of sp³-hybridized carbons (Fsp3) is 0.533. The first-order valence-corrected chi connectivity index (χ1v) is 7.11. The predicted molar refractivity (Wildman–Crippen MR) is 78.6 cm³/mol. The Labute approximate surface area is 115 Å². The molecule has 0 saturated carbocycles. The molecule has 0 bridgehead atoms. The molecule has 1 aromatic rings. The van der Waals surface area contributed by atoms with E-state index in [0.717, 1.165) is 44.1 Å². The second-order valence-corrected chi connectivity index (χ2v) is 4.85. The van der Waals surface area contributed by atoms with E-state index in [1.165, 1.54) is 12.8 Å². The van der Waals surface area contributed by atoms with E-state index in [4.69, 9.17) is 0 Å². The molecule has 0 unspecified atom stereocenters. The lowest BCUT2D eigenvalue weighted by Gasteiger charge is -2.20. The summed E-state index contributed by atoms with van der Waals surface area (Å²) in [5.41, 5.74) is 1.13. The van der Waals surface area contributed by atoms with E-state index in [0.29, 0.717) is 5.75 Å². The molecule has 0 atom stereocenters. The van der Waals surface area contributed by atoms with Crippen LogP contribution in [0.5, 0.6) is 5.75 Å². The molecule has 104 valence electrons. The molecule has 0 radical (unpaired) electrons. The van der Waals surface area contributed by atoms with Gasteiger partial charge in [0.1, 0.15) is 5.75 Å². The maximum Gasteiger partial charge on any atom is 0.193 e. The van der Waals surface area contributed by atoms with Crippen molar-refractivity contribution in [1.29, 1.82) is 0 Å². The Bertz CT molecular complexity index is 425. The summed E-state index contributed by atoms with van der Waals surface area (Å²) in [6, 6.07) is 7.40. The van der Waals surface area contributed by atoms with Crippen molar-refractivity contribution >= 4 is 5.96 Å². The van der Waals surface area contributed by atoms with Crippen LogP contribution in [-0.2, 0) is 6.42 Å². The van der Waals surface area contributed by atoms with Gasteiger partial charge in [0.25, 0.3) is 0 Å². The first-order valence-electron chi connectivity index (χ1n) is 7.11. The molecule has 0 aromatic heterocycles. The number of nitrogens with one attached hydrogen (secondary N) is 1. The maximum absolute atomic E-state index is 9.42. The number of phenolic OH excluding ortho intramolecular Hbond substituents is 1. The highest BCUT2D eigenvalue weighted by atomic mass is 16.3. The zero-order valence-electron chi connectivity index (χ0n) is 11.6. The summed E-state index contributed by atoms with van der Waals surface area (Å²) in [5.74, 6) is 1.35. The molecule has 1 aromatic carbocycles. The van der Waals surface area contributed by atoms with Gasteiger partial charge in [-0.2, -0.15) is 0 Å². The second kappa shape index (κ2) is 7.02. The van der Waals surface area contributed by atoms with Gasteiger partial charge in [-0.1, -0.05) is 12.1 Å². The maximum atomic E-state index is 9.42. The SMILES string of the molecule is CCNC(=NCCc1cccc(O)c1)N1CCCC1. The Kier molecular flexibility index (Phi) is 5.07. The van der Waals surface area contributed by atoms with Crippen molar-refractivity contribution in [2.24, 2.45) is 4.99 Å². The van der Waals surface area contributed by atoms with E-state index < -0.39 is 0 Å². The Morgan fingerprint density at radius 2 is 2.16 bits per heavy atom. The number of aromatic hydroxyl groups is 1. The lowest BCUT2D eigenvalue weighted by molar-refractivity contribution is 0.474. The molecule has 1 fully saturated rings. The van der Waals surface area contributed by atoms with Crippen molar-refractivity contribution < 1.29 is 5.11 Å². The minimum absolute atomic E-state index is 0.327.